The lowest BCUT2D eigenvalue weighted by atomic mass is 10.2. The Bertz CT molecular complexity index is 998. The van der Waals surface area contributed by atoms with Crippen molar-refractivity contribution in [2.75, 3.05) is 19.8 Å². The van der Waals surface area contributed by atoms with E-state index in [4.69, 9.17) is 18.9 Å². The maximum absolute atomic E-state index is 12.5. The summed E-state index contributed by atoms with van der Waals surface area (Å²) < 4.78 is 21.8. The van der Waals surface area contributed by atoms with Crippen LogP contribution in [0, 0.1) is 0 Å². The third kappa shape index (κ3) is 7.16. The van der Waals surface area contributed by atoms with Crippen LogP contribution < -0.4 is 14.2 Å². The van der Waals surface area contributed by atoms with Gasteiger partial charge in [-0.25, -0.2) is 9.59 Å². The molecule has 0 amide bonds. The van der Waals surface area contributed by atoms with Crippen molar-refractivity contribution in [3.05, 3.63) is 90.0 Å². The fourth-order valence-corrected chi connectivity index (χ4v) is 2.77. The summed E-state index contributed by atoms with van der Waals surface area (Å²) in [5.41, 5.74) is 0.767. The fourth-order valence-electron chi connectivity index (χ4n) is 2.77. The molecule has 32 heavy (non-hydrogen) atoms. The molecule has 0 unspecified atom stereocenters. The van der Waals surface area contributed by atoms with Crippen LogP contribution in [0.4, 0.5) is 0 Å². The van der Waals surface area contributed by atoms with Gasteiger partial charge < -0.3 is 18.9 Å². The Morgan fingerprint density at radius 3 is 2.06 bits per heavy atom. The zero-order valence-electron chi connectivity index (χ0n) is 18.0. The van der Waals surface area contributed by atoms with Crippen LogP contribution >= 0.6 is 0 Å². The van der Waals surface area contributed by atoms with E-state index in [0.29, 0.717) is 42.4 Å². The molecule has 0 saturated heterocycles. The van der Waals surface area contributed by atoms with Gasteiger partial charge in [0, 0.05) is 0 Å². The Morgan fingerprint density at radius 1 is 0.656 bits per heavy atom. The minimum atomic E-state index is -0.519. The Morgan fingerprint density at radius 2 is 1.34 bits per heavy atom. The molecule has 0 fully saturated rings. The second-order valence-electron chi connectivity index (χ2n) is 6.94. The van der Waals surface area contributed by atoms with Crippen molar-refractivity contribution >= 4 is 11.9 Å². The highest BCUT2D eigenvalue weighted by Crippen LogP contribution is 2.18. The first-order valence-electron chi connectivity index (χ1n) is 10.6. The third-order valence-electron chi connectivity index (χ3n) is 4.47. The van der Waals surface area contributed by atoms with Crippen molar-refractivity contribution in [3.63, 3.8) is 0 Å². The summed E-state index contributed by atoms with van der Waals surface area (Å²) in [6, 6.07) is 22.5. The number of para-hydroxylation sites is 1. The summed E-state index contributed by atoms with van der Waals surface area (Å²) in [7, 11) is 0. The van der Waals surface area contributed by atoms with Gasteiger partial charge >= 0.3 is 11.9 Å². The van der Waals surface area contributed by atoms with Gasteiger partial charge in [0.05, 0.1) is 17.7 Å². The van der Waals surface area contributed by atoms with Gasteiger partial charge in [-0.15, -0.1) is 0 Å². The highest BCUT2D eigenvalue weighted by atomic mass is 16.5. The van der Waals surface area contributed by atoms with E-state index in [1.807, 2.05) is 37.3 Å². The van der Waals surface area contributed by atoms with Crippen LogP contribution in [0.15, 0.2) is 78.9 Å². The quantitative estimate of drug-likeness (QED) is 0.231. The van der Waals surface area contributed by atoms with Gasteiger partial charge in [-0.05, 0) is 61.0 Å². The van der Waals surface area contributed by atoms with Crippen LogP contribution in [0.25, 0.3) is 0 Å². The smallest absolute Gasteiger partial charge is 0.343 e. The summed E-state index contributed by atoms with van der Waals surface area (Å²) in [5.74, 6) is 0.740. The first kappa shape index (κ1) is 22.9. The molecule has 3 aromatic carbocycles. The number of hydrogen-bond donors (Lipinski definition) is 0. The van der Waals surface area contributed by atoms with Gasteiger partial charge in [0.25, 0.3) is 0 Å². The number of benzene rings is 3. The van der Waals surface area contributed by atoms with E-state index in [9.17, 15) is 9.59 Å². The second-order valence-corrected chi connectivity index (χ2v) is 6.94. The molecular formula is C26H26O6. The average molecular weight is 434 g/mol. The van der Waals surface area contributed by atoms with Crippen LogP contribution in [-0.4, -0.2) is 31.8 Å². The minimum Gasteiger partial charge on any atom is -0.490 e. The second kappa shape index (κ2) is 12.2. The van der Waals surface area contributed by atoms with Crippen molar-refractivity contribution in [2.45, 2.75) is 19.8 Å². The van der Waals surface area contributed by atoms with E-state index < -0.39 is 11.9 Å². The maximum Gasteiger partial charge on any atom is 0.343 e. The van der Waals surface area contributed by atoms with Crippen LogP contribution in [-0.2, 0) is 4.74 Å². The average Bonchev–Trinajstić information content (AvgIpc) is 2.83. The third-order valence-corrected chi connectivity index (χ3v) is 4.47. The van der Waals surface area contributed by atoms with Crippen LogP contribution in [0.1, 0.15) is 40.5 Å². The van der Waals surface area contributed by atoms with E-state index in [0.717, 1.165) is 18.6 Å². The Balaban J connectivity index is 1.49. The molecule has 6 nitrogen and oxygen atoms in total. The molecule has 0 N–H and O–H groups in total. The highest BCUT2D eigenvalue weighted by Gasteiger charge is 2.12. The van der Waals surface area contributed by atoms with Crippen molar-refractivity contribution in [2.24, 2.45) is 0 Å². The molecule has 0 aliphatic heterocycles. The monoisotopic (exact) mass is 434 g/mol. The van der Waals surface area contributed by atoms with Crippen LogP contribution in [0.3, 0.4) is 0 Å². The van der Waals surface area contributed by atoms with Crippen molar-refractivity contribution in [1.82, 2.24) is 0 Å². The Kier molecular flexibility index (Phi) is 8.69. The summed E-state index contributed by atoms with van der Waals surface area (Å²) in [6.07, 6.45) is 1.78. The summed E-state index contributed by atoms with van der Waals surface area (Å²) in [5, 5.41) is 0. The molecule has 166 valence electrons. The number of carbonyl (C=O) groups is 2. The molecule has 0 aliphatic rings. The summed E-state index contributed by atoms with van der Waals surface area (Å²) in [4.78, 5) is 24.4. The molecule has 3 aromatic rings. The number of unbranched alkanes of at least 4 members (excludes halogenated alkanes) is 1. The normalized spacial score (nSPS) is 10.3. The first-order chi connectivity index (χ1) is 15.7. The van der Waals surface area contributed by atoms with E-state index in [2.05, 4.69) is 0 Å². The number of ether oxygens (including phenoxy) is 4. The molecule has 0 aliphatic carbocycles. The van der Waals surface area contributed by atoms with Crippen molar-refractivity contribution < 1.29 is 28.5 Å². The summed E-state index contributed by atoms with van der Waals surface area (Å²) in [6.45, 7) is 3.14. The van der Waals surface area contributed by atoms with E-state index in [-0.39, 0.29) is 0 Å². The minimum absolute atomic E-state index is 0.336. The SMILES string of the molecule is CCCCOC(=O)c1ccc(OC(=O)c2cccc(OCCOc3ccccc3)c2)cc1. The van der Waals surface area contributed by atoms with Gasteiger partial charge in [-0.3, -0.25) is 0 Å². The van der Waals surface area contributed by atoms with E-state index in [1.165, 1.54) is 0 Å². The molecule has 0 atom stereocenters. The van der Waals surface area contributed by atoms with Gasteiger partial charge in [0.15, 0.2) is 0 Å². The maximum atomic E-state index is 12.5. The lowest BCUT2D eigenvalue weighted by Gasteiger charge is -2.10. The molecule has 0 bridgehead atoms. The largest absolute Gasteiger partial charge is 0.490 e. The molecular weight excluding hydrogens is 408 g/mol. The highest BCUT2D eigenvalue weighted by molar-refractivity contribution is 5.92. The van der Waals surface area contributed by atoms with Crippen LogP contribution in [0.2, 0.25) is 0 Å². The molecule has 0 spiro atoms. The zero-order valence-corrected chi connectivity index (χ0v) is 18.0. The topological polar surface area (TPSA) is 71.1 Å². The molecule has 0 aromatic heterocycles. The van der Waals surface area contributed by atoms with Gasteiger partial charge in [0.1, 0.15) is 30.5 Å². The molecule has 6 heteroatoms. The van der Waals surface area contributed by atoms with Gasteiger partial charge in [-0.1, -0.05) is 37.6 Å². The Labute approximate surface area is 187 Å². The van der Waals surface area contributed by atoms with Crippen molar-refractivity contribution in [1.29, 1.82) is 0 Å². The fraction of sp³-hybridized carbons (Fsp3) is 0.231. The summed E-state index contributed by atoms with van der Waals surface area (Å²) >= 11 is 0. The first-order valence-corrected chi connectivity index (χ1v) is 10.6. The van der Waals surface area contributed by atoms with Gasteiger partial charge in [-0.2, -0.15) is 0 Å². The standard InChI is InChI=1S/C26H26O6/c1-2-3-16-31-25(27)20-12-14-23(15-13-20)32-26(28)21-8-7-11-24(19-21)30-18-17-29-22-9-5-4-6-10-22/h4-15,19H,2-3,16-18H2,1H3. The van der Waals surface area contributed by atoms with Crippen LogP contribution in [0.5, 0.6) is 17.2 Å². The molecule has 0 heterocycles. The predicted octanol–water partition coefficient (Wildman–Crippen LogP) is 5.32. The number of rotatable bonds is 11. The zero-order chi connectivity index (χ0) is 22.6. The number of hydrogen-bond acceptors (Lipinski definition) is 6. The van der Waals surface area contributed by atoms with Crippen molar-refractivity contribution in [3.8, 4) is 17.2 Å². The van der Waals surface area contributed by atoms with Gasteiger partial charge in [0.2, 0.25) is 0 Å². The molecule has 3 rings (SSSR count). The molecule has 0 radical (unpaired) electrons. The van der Waals surface area contributed by atoms with E-state index in [1.54, 1.807) is 48.5 Å². The number of esters is 2. The lowest BCUT2D eigenvalue weighted by molar-refractivity contribution is 0.0499. The predicted molar refractivity (Wildman–Crippen MR) is 120 cm³/mol. The lowest BCUT2D eigenvalue weighted by Crippen LogP contribution is -2.11. The Hall–Kier alpha value is -3.80. The molecule has 0 saturated carbocycles. The van der Waals surface area contributed by atoms with E-state index >= 15 is 0 Å². The number of carbonyl (C=O) groups excluding carboxylic acids is 2.